The Labute approximate surface area is 232 Å². The van der Waals surface area contributed by atoms with Gasteiger partial charge in [-0.2, -0.15) is 0 Å². The van der Waals surface area contributed by atoms with E-state index in [2.05, 4.69) is 41.7 Å². The molecule has 2 amide bonds. The lowest BCUT2D eigenvalue weighted by Crippen LogP contribution is -2.39. The van der Waals surface area contributed by atoms with Gasteiger partial charge in [0.2, 0.25) is 11.8 Å². The number of amides is 2. The molecule has 3 N–H and O–H groups in total. The van der Waals surface area contributed by atoms with Crippen LogP contribution in [0.4, 0.5) is 5.69 Å². The van der Waals surface area contributed by atoms with Crippen molar-refractivity contribution in [1.82, 2.24) is 9.88 Å². The average Bonchev–Trinajstić information content (AvgIpc) is 3.72. The summed E-state index contributed by atoms with van der Waals surface area (Å²) in [6.45, 7) is 2.04. The van der Waals surface area contributed by atoms with E-state index in [9.17, 15) is 9.59 Å². The van der Waals surface area contributed by atoms with Crippen molar-refractivity contribution in [2.45, 2.75) is 76.3 Å². The molecule has 6 heteroatoms. The van der Waals surface area contributed by atoms with E-state index in [4.69, 9.17) is 10.7 Å². The van der Waals surface area contributed by atoms with Crippen LogP contribution in [0.3, 0.4) is 0 Å². The van der Waals surface area contributed by atoms with Crippen LogP contribution in [0.25, 0.3) is 22.4 Å². The maximum absolute atomic E-state index is 13.0. The number of hydrogen-bond acceptors (Lipinski definition) is 4. The number of benzene rings is 2. The minimum atomic E-state index is -0.163. The first-order valence-corrected chi connectivity index (χ1v) is 14.4. The Morgan fingerprint density at radius 3 is 2.33 bits per heavy atom. The molecule has 0 spiro atoms. The van der Waals surface area contributed by atoms with E-state index in [0.717, 1.165) is 67.3 Å². The monoisotopic (exact) mass is 524 g/mol. The molecular weight excluding hydrogens is 484 g/mol. The fraction of sp³-hybridized carbons (Fsp3) is 0.424. The molecule has 39 heavy (non-hydrogen) atoms. The van der Waals surface area contributed by atoms with E-state index in [-0.39, 0.29) is 17.4 Å². The first-order chi connectivity index (χ1) is 18.9. The Bertz CT molecular complexity index is 1290. The van der Waals surface area contributed by atoms with E-state index in [0.29, 0.717) is 30.5 Å². The zero-order valence-electron chi connectivity index (χ0n) is 23.2. The van der Waals surface area contributed by atoms with Crippen molar-refractivity contribution in [2.75, 3.05) is 12.4 Å². The van der Waals surface area contributed by atoms with E-state index in [1.807, 2.05) is 43.1 Å². The molecule has 5 rings (SSSR count). The molecule has 0 radical (unpaired) electrons. The smallest absolute Gasteiger partial charge is 0.224 e. The highest BCUT2D eigenvalue weighted by Gasteiger charge is 2.39. The molecule has 0 atom stereocenters. The van der Waals surface area contributed by atoms with Crippen LogP contribution in [0.5, 0.6) is 0 Å². The van der Waals surface area contributed by atoms with Gasteiger partial charge in [-0.25, -0.2) is 0 Å². The molecule has 0 bridgehead atoms. The van der Waals surface area contributed by atoms with Crippen LogP contribution < -0.4 is 11.1 Å². The summed E-state index contributed by atoms with van der Waals surface area (Å²) in [5, 5.41) is 3.10. The minimum absolute atomic E-state index is 0.0180. The Kier molecular flexibility index (Phi) is 8.12. The molecule has 0 aliphatic heterocycles. The normalized spacial score (nSPS) is 19.8. The molecule has 0 unspecified atom stereocenters. The van der Waals surface area contributed by atoms with Gasteiger partial charge in [0.1, 0.15) is 0 Å². The molecule has 2 aliphatic rings. The third-order valence-corrected chi connectivity index (χ3v) is 8.47. The predicted molar refractivity (Wildman–Crippen MR) is 157 cm³/mol. The van der Waals surface area contributed by atoms with Crippen molar-refractivity contribution in [3.8, 4) is 22.4 Å². The summed E-state index contributed by atoms with van der Waals surface area (Å²) in [6, 6.07) is 20.9. The van der Waals surface area contributed by atoms with Crippen LogP contribution in [-0.2, 0) is 15.1 Å². The maximum Gasteiger partial charge on any atom is 0.224 e. The van der Waals surface area contributed by atoms with Crippen molar-refractivity contribution < 1.29 is 9.59 Å². The third-order valence-electron chi connectivity index (χ3n) is 8.47. The SMILES string of the molecule is CCCC(=O)N(C)[C@H]1CC[C@H](CC(=O)Nc2cnc(-c3ccc(C4(N)CC4)cc3)c(-c3ccccc3)c2)CC1. The number of carbonyl (C=O) groups excluding carboxylic acids is 2. The van der Waals surface area contributed by atoms with Gasteiger partial charge in [0.05, 0.1) is 17.6 Å². The first-order valence-electron chi connectivity index (χ1n) is 14.4. The number of hydrogen-bond donors (Lipinski definition) is 2. The quantitative estimate of drug-likeness (QED) is 0.334. The Hall–Kier alpha value is -3.51. The number of rotatable bonds is 9. The molecule has 0 saturated heterocycles. The van der Waals surface area contributed by atoms with Crippen LogP contribution in [0.1, 0.15) is 70.3 Å². The number of carbonyl (C=O) groups is 2. The summed E-state index contributed by atoms with van der Waals surface area (Å²) in [6.07, 6.45) is 9.65. The van der Waals surface area contributed by atoms with Crippen molar-refractivity contribution in [1.29, 1.82) is 0 Å². The van der Waals surface area contributed by atoms with Crippen molar-refractivity contribution in [2.24, 2.45) is 11.7 Å². The molecule has 2 saturated carbocycles. The molecule has 2 aliphatic carbocycles. The number of nitrogens with one attached hydrogen (secondary N) is 1. The van der Waals surface area contributed by atoms with Crippen molar-refractivity contribution >= 4 is 17.5 Å². The number of anilines is 1. The van der Waals surface area contributed by atoms with Gasteiger partial charge in [0.25, 0.3) is 0 Å². The standard InChI is InChI=1S/C33H40N4O2/c1-3-7-31(39)37(2)28-16-10-23(11-17-28)20-30(38)36-27-21-29(24-8-5-4-6-9-24)32(35-22-27)25-12-14-26(15-13-25)33(34)18-19-33/h4-6,8-9,12-15,21-23,28H,3,7,10-11,16-20,34H2,1-2H3,(H,36,38)/t23-,28-. The first kappa shape index (κ1) is 27.1. The lowest BCUT2D eigenvalue weighted by molar-refractivity contribution is -0.133. The Morgan fingerprint density at radius 2 is 1.69 bits per heavy atom. The molecule has 6 nitrogen and oxygen atoms in total. The van der Waals surface area contributed by atoms with Gasteiger partial charge >= 0.3 is 0 Å². The summed E-state index contributed by atoms with van der Waals surface area (Å²) in [4.78, 5) is 32.0. The Morgan fingerprint density at radius 1 is 1.00 bits per heavy atom. The summed E-state index contributed by atoms with van der Waals surface area (Å²) in [5.74, 6) is 0.586. The number of nitrogens with two attached hydrogens (primary N) is 1. The fourth-order valence-electron chi connectivity index (χ4n) is 5.79. The highest BCUT2D eigenvalue weighted by atomic mass is 16.2. The maximum atomic E-state index is 13.0. The lowest BCUT2D eigenvalue weighted by atomic mass is 9.83. The molecule has 1 aromatic heterocycles. The average molecular weight is 525 g/mol. The topological polar surface area (TPSA) is 88.3 Å². The zero-order valence-corrected chi connectivity index (χ0v) is 23.2. The van der Waals surface area contributed by atoms with Gasteiger partial charge in [-0.15, -0.1) is 0 Å². The summed E-state index contributed by atoms with van der Waals surface area (Å²) in [5.41, 5.74) is 12.0. The van der Waals surface area contributed by atoms with E-state index >= 15 is 0 Å². The van der Waals surface area contributed by atoms with Crippen LogP contribution in [-0.4, -0.2) is 34.8 Å². The van der Waals surface area contributed by atoms with Crippen LogP contribution in [0.15, 0.2) is 66.9 Å². The van der Waals surface area contributed by atoms with E-state index in [1.165, 1.54) is 5.56 Å². The highest BCUT2D eigenvalue weighted by Crippen LogP contribution is 2.43. The van der Waals surface area contributed by atoms with Gasteiger partial charge < -0.3 is 16.0 Å². The zero-order chi connectivity index (χ0) is 27.4. The third kappa shape index (κ3) is 6.39. The van der Waals surface area contributed by atoms with Gasteiger partial charge in [0, 0.05) is 42.6 Å². The molecule has 204 valence electrons. The highest BCUT2D eigenvalue weighted by molar-refractivity contribution is 5.93. The second-order valence-corrected chi connectivity index (χ2v) is 11.4. The van der Waals surface area contributed by atoms with E-state index < -0.39 is 0 Å². The summed E-state index contributed by atoms with van der Waals surface area (Å²) in [7, 11) is 1.92. The minimum Gasteiger partial charge on any atom is -0.343 e. The molecule has 2 fully saturated rings. The number of nitrogens with zero attached hydrogens (tertiary/aromatic N) is 2. The van der Waals surface area contributed by atoms with Crippen molar-refractivity contribution in [3.63, 3.8) is 0 Å². The summed E-state index contributed by atoms with van der Waals surface area (Å²) >= 11 is 0. The second kappa shape index (κ2) is 11.7. The molecule has 2 aromatic carbocycles. The Balaban J connectivity index is 1.26. The van der Waals surface area contributed by atoms with Crippen LogP contribution in [0.2, 0.25) is 0 Å². The van der Waals surface area contributed by atoms with Crippen LogP contribution >= 0.6 is 0 Å². The molecule has 1 heterocycles. The number of pyridine rings is 1. The van der Waals surface area contributed by atoms with Gasteiger partial charge in [-0.1, -0.05) is 61.5 Å². The van der Waals surface area contributed by atoms with Gasteiger partial charge in [0.15, 0.2) is 0 Å². The summed E-state index contributed by atoms with van der Waals surface area (Å²) < 4.78 is 0. The second-order valence-electron chi connectivity index (χ2n) is 11.4. The fourth-order valence-corrected chi connectivity index (χ4v) is 5.79. The molecule has 3 aromatic rings. The predicted octanol–water partition coefficient (Wildman–Crippen LogP) is 6.51. The van der Waals surface area contributed by atoms with Crippen LogP contribution in [0, 0.1) is 5.92 Å². The molecular formula is C33H40N4O2. The number of aromatic nitrogens is 1. The van der Waals surface area contributed by atoms with E-state index in [1.54, 1.807) is 6.20 Å². The lowest BCUT2D eigenvalue weighted by Gasteiger charge is -2.34. The largest absolute Gasteiger partial charge is 0.343 e. The van der Waals surface area contributed by atoms with Gasteiger partial charge in [-0.05, 0) is 68.1 Å². The van der Waals surface area contributed by atoms with Crippen molar-refractivity contribution in [3.05, 3.63) is 72.4 Å². The van der Waals surface area contributed by atoms with Gasteiger partial charge in [-0.3, -0.25) is 14.6 Å².